The first-order valence-corrected chi connectivity index (χ1v) is 8.01. The summed E-state index contributed by atoms with van der Waals surface area (Å²) < 4.78 is 10.7. The zero-order valence-corrected chi connectivity index (χ0v) is 13.3. The van der Waals surface area contributed by atoms with Crippen LogP contribution in [0.1, 0.15) is 53.1 Å². The number of hydrogen-bond donors (Lipinski definition) is 0. The third kappa shape index (κ3) is 2.79. The predicted octanol–water partition coefficient (Wildman–Crippen LogP) is 3.81. The van der Waals surface area contributed by atoms with E-state index in [2.05, 4.69) is 39.6 Å². The van der Waals surface area contributed by atoms with E-state index >= 15 is 0 Å². The smallest absolute Gasteiger partial charge is 0.231 e. The minimum atomic E-state index is 0.235. The summed E-state index contributed by atoms with van der Waals surface area (Å²) in [4.78, 5) is 4.66. The Morgan fingerprint density at radius 3 is 2.52 bits per heavy atom. The van der Waals surface area contributed by atoms with Gasteiger partial charge in [-0.05, 0) is 38.2 Å². The Labute approximate surface area is 134 Å². The van der Waals surface area contributed by atoms with Gasteiger partial charge in [-0.15, -0.1) is 0 Å². The molecule has 2 heterocycles. The SMILES string of the molecule is Cc1noc(C)c1Cc1nc([C@@H](c2ccccc2)C2CC2)no1. The van der Waals surface area contributed by atoms with Crippen LogP contribution >= 0.6 is 0 Å². The molecule has 0 spiro atoms. The second-order valence-electron chi connectivity index (χ2n) is 6.25. The highest BCUT2D eigenvalue weighted by Gasteiger charge is 2.36. The molecule has 118 valence electrons. The molecule has 1 aromatic carbocycles. The van der Waals surface area contributed by atoms with Gasteiger partial charge >= 0.3 is 0 Å². The molecule has 0 unspecified atom stereocenters. The van der Waals surface area contributed by atoms with Gasteiger partial charge in [0.25, 0.3) is 0 Å². The lowest BCUT2D eigenvalue weighted by atomic mass is 9.93. The molecule has 2 aromatic heterocycles. The van der Waals surface area contributed by atoms with Crippen molar-refractivity contribution in [3.05, 3.63) is 64.6 Å². The van der Waals surface area contributed by atoms with Crippen molar-refractivity contribution in [2.24, 2.45) is 5.92 Å². The Balaban J connectivity index is 1.61. The molecule has 5 nitrogen and oxygen atoms in total. The summed E-state index contributed by atoms with van der Waals surface area (Å²) in [5.41, 5.74) is 3.17. The van der Waals surface area contributed by atoms with Crippen molar-refractivity contribution in [1.82, 2.24) is 15.3 Å². The van der Waals surface area contributed by atoms with Crippen molar-refractivity contribution < 1.29 is 9.05 Å². The Morgan fingerprint density at radius 1 is 1.09 bits per heavy atom. The molecule has 5 heteroatoms. The number of benzene rings is 1. The average molecular weight is 309 g/mol. The van der Waals surface area contributed by atoms with Gasteiger partial charge < -0.3 is 9.05 Å². The van der Waals surface area contributed by atoms with Crippen molar-refractivity contribution in [2.75, 3.05) is 0 Å². The zero-order chi connectivity index (χ0) is 15.8. The van der Waals surface area contributed by atoms with Gasteiger partial charge in [0.2, 0.25) is 5.89 Å². The number of nitrogens with zero attached hydrogens (tertiary/aromatic N) is 3. The second-order valence-corrected chi connectivity index (χ2v) is 6.25. The van der Waals surface area contributed by atoms with Crippen LogP contribution in [-0.4, -0.2) is 15.3 Å². The van der Waals surface area contributed by atoms with Gasteiger partial charge in [-0.25, -0.2) is 0 Å². The van der Waals surface area contributed by atoms with Gasteiger partial charge in [0.1, 0.15) is 5.76 Å². The summed E-state index contributed by atoms with van der Waals surface area (Å²) >= 11 is 0. The average Bonchev–Trinajstić information content (AvgIpc) is 3.21. The number of rotatable bonds is 5. The highest BCUT2D eigenvalue weighted by molar-refractivity contribution is 5.29. The van der Waals surface area contributed by atoms with Crippen molar-refractivity contribution in [3.8, 4) is 0 Å². The van der Waals surface area contributed by atoms with E-state index in [1.807, 2.05) is 19.9 Å². The van der Waals surface area contributed by atoms with E-state index in [4.69, 9.17) is 9.05 Å². The Bertz CT molecular complexity index is 783. The van der Waals surface area contributed by atoms with E-state index in [0.717, 1.165) is 22.8 Å². The lowest BCUT2D eigenvalue weighted by Crippen LogP contribution is -2.05. The number of hydrogen-bond acceptors (Lipinski definition) is 5. The Kier molecular flexibility index (Phi) is 3.48. The summed E-state index contributed by atoms with van der Waals surface area (Å²) in [5.74, 6) is 3.08. The quantitative estimate of drug-likeness (QED) is 0.717. The molecule has 1 aliphatic carbocycles. The van der Waals surface area contributed by atoms with Crippen molar-refractivity contribution in [1.29, 1.82) is 0 Å². The van der Waals surface area contributed by atoms with E-state index in [1.165, 1.54) is 18.4 Å². The monoisotopic (exact) mass is 309 g/mol. The first kappa shape index (κ1) is 14.2. The summed E-state index contributed by atoms with van der Waals surface area (Å²) in [6, 6.07) is 10.5. The Morgan fingerprint density at radius 2 is 1.87 bits per heavy atom. The van der Waals surface area contributed by atoms with Gasteiger partial charge in [0, 0.05) is 5.56 Å². The van der Waals surface area contributed by atoms with Crippen LogP contribution in [0.2, 0.25) is 0 Å². The summed E-state index contributed by atoms with van der Waals surface area (Å²) in [6.07, 6.45) is 3.03. The fourth-order valence-electron chi connectivity index (χ4n) is 3.09. The molecule has 3 aromatic rings. The molecule has 0 aliphatic heterocycles. The maximum Gasteiger partial charge on any atom is 0.231 e. The largest absolute Gasteiger partial charge is 0.361 e. The Hall–Kier alpha value is -2.43. The third-order valence-electron chi connectivity index (χ3n) is 4.52. The van der Waals surface area contributed by atoms with Crippen molar-refractivity contribution >= 4 is 0 Å². The highest BCUT2D eigenvalue weighted by Crippen LogP contribution is 2.45. The molecule has 0 saturated heterocycles. The fourth-order valence-corrected chi connectivity index (χ4v) is 3.09. The molecule has 0 radical (unpaired) electrons. The standard InChI is InChI=1S/C18H19N3O2/c1-11-15(12(2)22-20-11)10-16-19-18(21-23-16)17(14-8-9-14)13-6-4-3-5-7-13/h3-7,14,17H,8-10H2,1-2H3/t17-/m0/s1. The molecule has 1 saturated carbocycles. The first-order chi connectivity index (χ1) is 11.2. The van der Waals surface area contributed by atoms with E-state index in [9.17, 15) is 0 Å². The minimum absolute atomic E-state index is 0.235. The van der Waals surface area contributed by atoms with Gasteiger partial charge in [0.05, 0.1) is 18.0 Å². The summed E-state index contributed by atoms with van der Waals surface area (Å²) in [5, 5.41) is 8.23. The van der Waals surface area contributed by atoms with Crippen LogP contribution in [0.25, 0.3) is 0 Å². The maximum absolute atomic E-state index is 5.50. The van der Waals surface area contributed by atoms with Crippen LogP contribution in [0.3, 0.4) is 0 Å². The van der Waals surface area contributed by atoms with Gasteiger partial charge in [-0.2, -0.15) is 4.98 Å². The van der Waals surface area contributed by atoms with Crippen LogP contribution in [-0.2, 0) is 6.42 Å². The van der Waals surface area contributed by atoms with Gasteiger partial charge in [-0.1, -0.05) is 40.6 Å². The van der Waals surface area contributed by atoms with Crippen molar-refractivity contribution in [2.45, 2.75) is 39.0 Å². The topological polar surface area (TPSA) is 65.0 Å². The van der Waals surface area contributed by atoms with E-state index in [1.54, 1.807) is 0 Å². The molecule has 1 fully saturated rings. The maximum atomic E-state index is 5.50. The molecule has 0 bridgehead atoms. The molecule has 1 aliphatic rings. The number of aromatic nitrogens is 3. The van der Waals surface area contributed by atoms with Crippen LogP contribution in [0.5, 0.6) is 0 Å². The van der Waals surface area contributed by atoms with E-state index in [-0.39, 0.29) is 5.92 Å². The van der Waals surface area contributed by atoms with Gasteiger partial charge in [0.15, 0.2) is 5.82 Å². The van der Waals surface area contributed by atoms with Crippen molar-refractivity contribution in [3.63, 3.8) is 0 Å². The highest BCUT2D eigenvalue weighted by atomic mass is 16.5. The summed E-state index contributed by atoms with van der Waals surface area (Å²) in [7, 11) is 0. The zero-order valence-electron chi connectivity index (χ0n) is 13.3. The van der Waals surface area contributed by atoms with Crippen LogP contribution in [0.15, 0.2) is 39.4 Å². The lowest BCUT2D eigenvalue weighted by Gasteiger charge is -2.11. The van der Waals surface area contributed by atoms with E-state index in [0.29, 0.717) is 18.2 Å². The van der Waals surface area contributed by atoms with Crippen LogP contribution < -0.4 is 0 Å². The number of aryl methyl sites for hydroxylation is 2. The minimum Gasteiger partial charge on any atom is -0.361 e. The predicted molar refractivity (Wildman–Crippen MR) is 84.1 cm³/mol. The lowest BCUT2D eigenvalue weighted by molar-refractivity contribution is 0.373. The van der Waals surface area contributed by atoms with Gasteiger partial charge in [-0.3, -0.25) is 0 Å². The molecule has 0 amide bonds. The molecule has 0 N–H and O–H groups in total. The molecule has 4 rings (SSSR count). The fraction of sp³-hybridized carbons (Fsp3) is 0.389. The molecule has 23 heavy (non-hydrogen) atoms. The van der Waals surface area contributed by atoms with Crippen LogP contribution in [0.4, 0.5) is 0 Å². The molecular weight excluding hydrogens is 290 g/mol. The normalized spacial score (nSPS) is 15.7. The third-order valence-corrected chi connectivity index (χ3v) is 4.52. The van der Waals surface area contributed by atoms with Crippen LogP contribution in [0, 0.1) is 19.8 Å². The summed E-state index contributed by atoms with van der Waals surface area (Å²) in [6.45, 7) is 3.84. The molecule has 1 atom stereocenters. The second kappa shape index (κ2) is 5.65. The first-order valence-electron chi connectivity index (χ1n) is 8.01. The molecular formula is C18H19N3O2. The van der Waals surface area contributed by atoms with E-state index < -0.39 is 0 Å².